The van der Waals surface area contributed by atoms with Crippen molar-refractivity contribution in [2.24, 2.45) is 11.8 Å². The first kappa shape index (κ1) is 14.2. The summed E-state index contributed by atoms with van der Waals surface area (Å²) in [5, 5.41) is 3.63. The topological polar surface area (TPSA) is 12.0 Å². The molecule has 0 bridgehead atoms. The van der Waals surface area contributed by atoms with E-state index in [4.69, 9.17) is 0 Å². The predicted molar refractivity (Wildman–Crippen MR) is 76.3 cm³/mol. The molecule has 17 heavy (non-hydrogen) atoms. The van der Waals surface area contributed by atoms with Gasteiger partial charge in [0.1, 0.15) is 0 Å². The highest BCUT2D eigenvalue weighted by Crippen LogP contribution is 2.18. The Balaban J connectivity index is 2.72. The third-order valence-corrected chi connectivity index (χ3v) is 3.69. The smallest absolute Gasteiger partial charge is 0.0135 e. The zero-order valence-electron chi connectivity index (χ0n) is 12.0. The van der Waals surface area contributed by atoms with Gasteiger partial charge < -0.3 is 5.32 Å². The van der Waals surface area contributed by atoms with Gasteiger partial charge in [-0.15, -0.1) is 0 Å². The lowest BCUT2D eigenvalue weighted by Gasteiger charge is -2.28. The van der Waals surface area contributed by atoms with E-state index in [2.05, 4.69) is 64.2 Å². The van der Waals surface area contributed by atoms with E-state index in [1.807, 2.05) is 0 Å². The van der Waals surface area contributed by atoms with Crippen molar-refractivity contribution < 1.29 is 0 Å². The number of rotatable bonds is 6. The Bertz CT molecular complexity index is 330. The number of likely N-dealkylation sites (N-methyl/N-ethyl adjacent to an activating group) is 1. The van der Waals surface area contributed by atoms with Crippen molar-refractivity contribution in [3.63, 3.8) is 0 Å². The maximum atomic E-state index is 3.63. The first-order chi connectivity index (χ1) is 8.04. The first-order valence-corrected chi connectivity index (χ1v) is 6.83. The highest BCUT2D eigenvalue weighted by molar-refractivity contribution is 5.23. The molecule has 1 aromatic rings. The fraction of sp³-hybridized carbons (Fsp3) is 0.625. The normalized spacial score (nSPS) is 14.9. The quantitative estimate of drug-likeness (QED) is 0.788. The van der Waals surface area contributed by atoms with Gasteiger partial charge in [0.05, 0.1) is 0 Å². The van der Waals surface area contributed by atoms with Crippen LogP contribution in [0.3, 0.4) is 0 Å². The van der Waals surface area contributed by atoms with Gasteiger partial charge >= 0.3 is 0 Å². The largest absolute Gasteiger partial charge is 0.314 e. The van der Waals surface area contributed by atoms with Gasteiger partial charge in [-0.25, -0.2) is 0 Å². The standard InChI is InChI=1S/C16H27N/c1-6-17-16(14(5)12(2)3)11-15-9-7-8-13(4)10-15/h7-10,12,14,16-17H,6,11H2,1-5H3. The van der Waals surface area contributed by atoms with Crippen LogP contribution >= 0.6 is 0 Å². The van der Waals surface area contributed by atoms with E-state index in [9.17, 15) is 0 Å². The van der Waals surface area contributed by atoms with Crippen LogP contribution < -0.4 is 5.32 Å². The lowest BCUT2D eigenvalue weighted by atomic mass is 9.86. The summed E-state index contributed by atoms with van der Waals surface area (Å²) in [6.45, 7) is 12.4. The van der Waals surface area contributed by atoms with Crippen molar-refractivity contribution in [3.8, 4) is 0 Å². The second-order valence-electron chi connectivity index (χ2n) is 5.46. The Hall–Kier alpha value is -0.820. The molecule has 0 aromatic heterocycles. The van der Waals surface area contributed by atoms with E-state index >= 15 is 0 Å². The van der Waals surface area contributed by atoms with E-state index in [0.717, 1.165) is 18.9 Å². The summed E-state index contributed by atoms with van der Waals surface area (Å²) in [5.74, 6) is 1.43. The van der Waals surface area contributed by atoms with Crippen molar-refractivity contribution in [1.82, 2.24) is 5.32 Å². The Morgan fingerprint density at radius 2 is 1.88 bits per heavy atom. The molecule has 0 saturated heterocycles. The van der Waals surface area contributed by atoms with Gasteiger partial charge in [-0.3, -0.25) is 0 Å². The van der Waals surface area contributed by atoms with Crippen LogP contribution in [-0.4, -0.2) is 12.6 Å². The molecule has 1 nitrogen and oxygen atoms in total. The fourth-order valence-corrected chi connectivity index (χ4v) is 2.26. The molecule has 0 heterocycles. The highest BCUT2D eigenvalue weighted by atomic mass is 14.9. The van der Waals surface area contributed by atoms with E-state index in [1.165, 1.54) is 11.1 Å². The molecule has 0 aliphatic carbocycles. The van der Waals surface area contributed by atoms with Crippen LogP contribution in [0.1, 0.15) is 38.8 Å². The summed E-state index contributed by atoms with van der Waals surface area (Å²) in [7, 11) is 0. The molecule has 96 valence electrons. The van der Waals surface area contributed by atoms with Crippen molar-refractivity contribution in [2.75, 3.05) is 6.54 Å². The molecular formula is C16H27N. The third kappa shape index (κ3) is 4.51. The zero-order chi connectivity index (χ0) is 12.8. The van der Waals surface area contributed by atoms with Gasteiger partial charge in [0.25, 0.3) is 0 Å². The minimum Gasteiger partial charge on any atom is -0.314 e. The molecule has 0 fully saturated rings. The van der Waals surface area contributed by atoms with Crippen LogP contribution in [-0.2, 0) is 6.42 Å². The average molecular weight is 233 g/mol. The molecule has 0 aliphatic heterocycles. The molecule has 1 aromatic carbocycles. The van der Waals surface area contributed by atoms with Crippen LogP contribution in [0.2, 0.25) is 0 Å². The first-order valence-electron chi connectivity index (χ1n) is 6.83. The molecule has 0 saturated carbocycles. The molecular weight excluding hydrogens is 206 g/mol. The van der Waals surface area contributed by atoms with Gasteiger partial charge in [0.2, 0.25) is 0 Å². The molecule has 1 rings (SSSR count). The van der Waals surface area contributed by atoms with Gasteiger partial charge in [0.15, 0.2) is 0 Å². The molecule has 0 amide bonds. The summed E-state index contributed by atoms with van der Waals surface area (Å²) in [6, 6.07) is 9.45. The lowest BCUT2D eigenvalue weighted by Crippen LogP contribution is -2.38. The molecule has 0 spiro atoms. The number of hydrogen-bond donors (Lipinski definition) is 1. The second-order valence-corrected chi connectivity index (χ2v) is 5.46. The van der Waals surface area contributed by atoms with Gasteiger partial charge in [-0.2, -0.15) is 0 Å². The van der Waals surface area contributed by atoms with Crippen LogP contribution in [0.4, 0.5) is 0 Å². The van der Waals surface area contributed by atoms with Crippen LogP contribution in [0, 0.1) is 18.8 Å². The maximum Gasteiger partial charge on any atom is 0.0135 e. The molecule has 1 heteroatoms. The van der Waals surface area contributed by atoms with Crippen molar-refractivity contribution in [3.05, 3.63) is 35.4 Å². The summed E-state index contributed by atoms with van der Waals surface area (Å²) < 4.78 is 0. The Morgan fingerprint density at radius 3 is 2.41 bits per heavy atom. The van der Waals surface area contributed by atoms with Crippen LogP contribution in [0.25, 0.3) is 0 Å². The third-order valence-electron chi connectivity index (χ3n) is 3.69. The van der Waals surface area contributed by atoms with Crippen LogP contribution in [0.5, 0.6) is 0 Å². The molecule has 0 radical (unpaired) electrons. The number of benzene rings is 1. The molecule has 2 atom stereocenters. The SMILES string of the molecule is CCNC(Cc1cccc(C)c1)C(C)C(C)C. The number of nitrogens with one attached hydrogen (secondary N) is 1. The Labute approximate surface area is 107 Å². The summed E-state index contributed by atoms with van der Waals surface area (Å²) >= 11 is 0. The van der Waals surface area contributed by atoms with E-state index in [0.29, 0.717) is 12.0 Å². The predicted octanol–water partition coefficient (Wildman–Crippen LogP) is 3.81. The zero-order valence-corrected chi connectivity index (χ0v) is 12.0. The summed E-state index contributed by atoms with van der Waals surface area (Å²) in [5.41, 5.74) is 2.80. The Kier molecular flexibility index (Phi) is 5.70. The number of hydrogen-bond acceptors (Lipinski definition) is 1. The second kappa shape index (κ2) is 6.80. The lowest BCUT2D eigenvalue weighted by molar-refractivity contribution is 0.300. The Morgan fingerprint density at radius 1 is 1.18 bits per heavy atom. The summed E-state index contributed by atoms with van der Waals surface area (Å²) in [6.07, 6.45) is 1.13. The van der Waals surface area contributed by atoms with Crippen molar-refractivity contribution in [2.45, 2.75) is 47.1 Å². The minimum absolute atomic E-state index is 0.585. The van der Waals surface area contributed by atoms with Gasteiger partial charge in [-0.05, 0) is 37.3 Å². The number of aryl methyl sites for hydroxylation is 1. The van der Waals surface area contributed by atoms with Crippen molar-refractivity contribution in [1.29, 1.82) is 0 Å². The fourth-order valence-electron chi connectivity index (χ4n) is 2.26. The molecule has 1 N–H and O–H groups in total. The maximum absolute atomic E-state index is 3.63. The molecule has 0 aliphatic rings. The van der Waals surface area contributed by atoms with Crippen LogP contribution in [0.15, 0.2) is 24.3 Å². The monoisotopic (exact) mass is 233 g/mol. The van der Waals surface area contributed by atoms with Crippen molar-refractivity contribution >= 4 is 0 Å². The molecule has 2 unspecified atom stereocenters. The average Bonchev–Trinajstić information content (AvgIpc) is 2.27. The minimum atomic E-state index is 0.585. The summed E-state index contributed by atoms with van der Waals surface area (Å²) in [4.78, 5) is 0. The van der Waals surface area contributed by atoms with E-state index in [1.54, 1.807) is 0 Å². The van der Waals surface area contributed by atoms with Gasteiger partial charge in [0, 0.05) is 6.04 Å². The highest BCUT2D eigenvalue weighted by Gasteiger charge is 2.19. The van der Waals surface area contributed by atoms with E-state index in [-0.39, 0.29) is 0 Å². The van der Waals surface area contributed by atoms with E-state index < -0.39 is 0 Å². The van der Waals surface area contributed by atoms with Gasteiger partial charge in [-0.1, -0.05) is 57.5 Å².